The van der Waals surface area contributed by atoms with E-state index in [4.69, 9.17) is 5.11 Å². The first kappa shape index (κ1) is 17.0. The summed E-state index contributed by atoms with van der Waals surface area (Å²) < 4.78 is 0. The van der Waals surface area contributed by atoms with Gasteiger partial charge in [0.15, 0.2) is 0 Å². The number of amides is 1. The minimum atomic E-state index is -0.711. The van der Waals surface area contributed by atoms with E-state index < -0.39 is 5.97 Å². The Bertz CT molecular complexity index is 312. The van der Waals surface area contributed by atoms with Crippen LogP contribution in [0.4, 0.5) is 0 Å². The Hall–Kier alpha value is -1.10. The van der Waals surface area contributed by atoms with Gasteiger partial charge in [-0.1, -0.05) is 13.3 Å². The topological polar surface area (TPSA) is 69.6 Å². The number of carbonyl (C=O) groups excluding carboxylic acids is 1. The standard InChI is InChI=1S/C15H28N2O3/c1-3-4-12(2)16-14(18)11-17-9-7-13(8-10-17)5-6-15(19)20/h12-13H,3-11H2,1-2H3,(H,16,18)(H,19,20). The molecule has 1 rings (SSSR count). The molecule has 0 radical (unpaired) electrons. The van der Waals surface area contributed by atoms with E-state index in [0.717, 1.165) is 45.2 Å². The van der Waals surface area contributed by atoms with E-state index in [-0.39, 0.29) is 18.4 Å². The lowest BCUT2D eigenvalue weighted by atomic mass is 9.92. The molecule has 5 heteroatoms. The summed E-state index contributed by atoms with van der Waals surface area (Å²) in [6, 6.07) is 0.251. The normalized spacial score (nSPS) is 18.7. The summed E-state index contributed by atoms with van der Waals surface area (Å²) in [5, 5.41) is 11.7. The van der Waals surface area contributed by atoms with E-state index >= 15 is 0 Å². The number of likely N-dealkylation sites (tertiary alicyclic amines) is 1. The number of carboxylic acid groups (broad SMARTS) is 1. The lowest BCUT2D eigenvalue weighted by Crippen LogP contribution is -2.43. The molecule has 20 heavy (non-hydrogen) atoms. The summed E-state index contributed by atoms with van der Waals surface area (Å²) in [5.74, 6) is -0.101. The van der Waals surface area contributed by atoms with Crippen LogP contribution in [0.2, 0.25) is 0 Å². The average Bonchev–Trinajstić information content (AvgIpc) is 2.37. The Morgan fingerprint density at radius 3 is 2.55 bits per heavy atom. The van der Waals surface area contributed by atoms with Crippen molar-refractivity contribution in [2.45, 2.75) is 58.4 Å². The number of piperidine rings is 1. The minimum absolute atomic E-state index is 0.106. The minimum Gasteiger partial charge on any atom is -0.481 e. The van der Waals surface area contributed by atoms with Crippen LogP contribution in [-0.4, -0.2) is 47.6 Å². The highest BCUT2D eigenvalue weighted by Gasteiger charge is 2.21. The van der Waals surface area contributed by atoms with E-state index in [1.807, 2.05) is 6.92 Å². The maximum absolute atomic E-state index is 11.9. The largest absolute Gasteiger partial charge is 0.481 e. The zero-order chi connectivity index (χ0) is 15.0. The Morgan fingerprint density at radius 1 is 1.35 bits per heavy atom. The predicted octanol–water partition coefficient (Wildman–Crippen LogP) is 1.87. The van der Waals surface area contributed by atoms with Crippen LogP contribution in [0.25, 0.3) is 0 Å². The maximum atomic E-state index is 11.9. The molecule has 1 heterocycles. The number of rotatable bonds is 8. The van der Waals surface area contributed by atoms with Gasteiger partial charge in [0.05, 0.1) is 6.54 Å². The molecule has 1 atom stereocenters. The number of carboxylic acids is 1. The molecule has 0 spiro atoms. The van der Waals surface area contributed by atoms with Gasteiger partial charge in [-0.25, -0.2) is 0 Å². The molecule has 5 nitrogen and oxygen atoms in total. The number of hydrogen-bond acceptors (Lipinski definition) is 3. The van der Waals surface area contributed by atoms with Gasteiger partial charge in [-0.2, -0.15) is 0 Å². The van der Waals surface area contributed by atoms with Crippen molar-refractivity contribution in [1.82, 2.24) is 10.2 Å². The third kappa shape index (κ3) is 6.89. The van der Waals surface area contributed by atoms with Gasteiger partial charge in [0.2, 0.25) is 5.91 Å². The molecule has 0 aliphatic carbocycles. The van der Waals surface area contributed by atoms with Crippen LogP contribution >= 0.6 is 0 Å². The second-order valence-corrected chi connectivity index (χ2v) is 5.91. The molecule has 116 valence electrons. The molecule has 1 aliphatic heterocycles. The smallest absolute Gasteiger partial charge is 0.303 e. The zero-order valence-corrected chi connectivity index (χ0v) is 12.7. The van der Waals surface area contributed by atoms with Crippen LogP contribution in [-0.2, 0) is 9.59 Å². The van der Waals surface area contributed by atoms with Gasteiger partial charge in [0.1, 0.15) is 0 Å². The average molecular weight is 284 g/mol. The fourth-order valence-electron chi connectivity index (χ4n) is 2.79. The van der Waals surface area contributed by atoms with E-state index in [0.29, 0.717) is 12.5 Å². The third-order valence-electron chi connectivity index (χ3n) is 3.97. The summed E-state index contributed by atoms with van der Waals surface area (Å²) in [4.78, 5) is 24.6. The molecule has 1 fully saturated rings. The van der Waals surface area contributed by atoms with Crippen molar-refractivity contribution in [2.24, 2.45) is 5.92 Å². The van der Waals surface area contributed by atoms with Gasteiger partial charge in [-0.05, 0) is 51.6 Å². The number of carbonyl (C=O) groups is 2. The molecule has 2 N–H and O–H groups in total. The first-order valence-electron chi connectivity index (χ1n) is 7.74. The first-order valence-corrected chi connectivity index (χ1v) is 7.74. The molecule has 0 aromatic heterocycles. The monoisotopic (exact) mass is 284 g/mol. The van der Waals surface area contributed by atoms with Crippen LogP contribution in [0.3, 0.4) is 0 Å². The van der Waals surface area contributed by atoms with Crippen molar-refractivity contribution in [1.29, 1.82) is 0 Å². The van der Waals surface area contributed by atoms with Crippen molar-refractivity contribution in [2.75, 3.05) is 19.6 Å². The summed E-state index contributed by atoms with van der Waals surface area (Å²) in [6.45, 7) is 6.43. The lowest BCUT2D eigenvalue weighted by Gasteiger charge is -2.31. The van der Waals surface area contributed by atoms with Crippen molar-refractivity contribution < 1.29 is 14.7 Å². The first-order chi connectivity index (χ1) is 9.51. The van der Waals surface area contributed by atoms with E-state index in [1.54, 1.807) is 0 Å². The summed E-state index contributed by atoms with van der Waals surface area (Å²) in [7, 11) is 0. The van der Waals surface area contributed by atoms with Gasteiger partial charge in [-0.15, -0.1) is 0 Å². The molecule has 0 aromatic carbocycles. The van der Waals surface area contributed by atoms with Gasteiger partial charge in [0.25, 0.3) is 0 Å². The van der Waals surface area contributed by atoms with Crippen LogP contribution in [0.5, 0.6) is 0 Å². The molecule has 1 saturated heterocycles. The molecule has 0 saturated carbocycles. The van der Waals surface area contributed by atoms with Crippen molar-refractivity contribution in [3.05, 3.63) is 0 Å². The number of nitrogens with one attached hydrogen (secondary N) is 1. The van der Waals surface area contributed by atoms with Crippen LogP contribution < -0.4 is 5.32 Å². The highest BCUT2D eigenvalue weighted by atomic mass is 16.4. The van der Waals surface area contributed by atoms with Gasteiger partial charge in [-0.3, -0.25) is 14.5 Å². The second-order valence-electron chi connectivity index (χ2n) is 5.91. The summed E-state index contributed by atoms with van der Waals surface area (Å²) in [6.07, 6.45) is 5.14. The molecule has 1 aliphatic rings. The van der Waals surface area contributed by atoms with Crippen molar-refractivity contribution in [3.8, 4) is 0 Å². The highest BCUT2D eigenvalue weighted by Crippen LogP contribution is 2.21. The van der Waals surface area contributed by atoms with Crippen LogP contribution in [0, 0.1) is 5.92 Å². The number of aliphatic carboxylic acids is 1. The molecule has 1 unspecified atom stereocenters. The maximum Gasteiger partial charge on any atom is 0.303 e. The summed E-state index contributed by atoms with van der Waals surface area (Å²) >= 11 is 0. The Labute approximate surface area is 121 Å². The van der Waals surface area contributed by atoms with Crippen LogP contribution in [0.1, 0.15) is 52.4 Å². The number of hydrogen-bond donors (Lipinski definition) is 2. The Balaban J connectivity index is 2.18. The fourth-order valence-corrected chi connectivity index (χ4v) is 2.79. The summed E-state index contributed by atoms with van der Waals surface area (Å²) in [5.41, 5.74) is 0. The van der Waals surface area contributed by atoms with E-state index in [1.165, 1.54) is 0 Å². The lowest BCUT2D eigenvalue weighted by molar-refractivity contribution is -0.137. The zero-order valence-electron chi connectivity index (χ0n) is 12.7. The molecule has 1 amide bonds. The van der Waals surface area contributed by atoms with Crippen molar-refractivity contribution >= 4 is 11.9 Å². The predicted molar refractivity (Wildman–Crippen MR) is 78.5 cm³/mol. The molecular formula is C15H28N2O3. The Kier molecular flexibility index (Phi) is 7.59. The van der Waals surface area contributed by atoms with Gasteiger partial charge >= 0.3 is 5.97 Å². The fraction of sp³-hybridized carbons (Fsp3) is 0.867. The van der Waals surface area contributed by atoms with Crippen molar-refractivity contribution in [3.63, 3.8) is 0 Å². The van der Waals surface area contributed by atoms with E-state index in [2.05, 4.69) is 17.1 Å². The SMILES string of the molecule is CCCC(C)NC(=O)CN1CCC(CCC(=O)O)CC1. The molecule has 0 bridgehead atoms. The van der Waals surface area contributed by atoms with Gasteiger partial charge < -0.3 is 10.4 Å². The van der Waals surface area contributed by atoms with Gasteiger partial charge in [0, 0.05) is 12.5 Å². The Morgan fingerprint density at radius 2 is 2.00 bits per heavy atom. The quantitative estimate of drug-likeness (QED) is 0.714. The highest BCUT2D eigenvalue weighted by molar-refractivity contribution is 5.78. The number of nitrogens with zero attached hydrogens (tertiary/aromatic N) is 1. The molecular weight excluding hydrogens is 256 g/mol. The second kappa shape index (κ2) is 8.95. The third-order valence-corrected chi connectivity index (χ3v) is 3.97. The molecule has 0 aromatic rings. The van der Waals surface area contributed by atoms with E-state index in [9.17, 15) is 9.59 Å². The van der Waals surface area contributed by atoms with Crippen LogP contribution in [0.15, 0.2) is 0 Å².